The molecule has 1 aliphatic carbocycles. The zero-order valence-electron chi connectivity index (χ0n) is 10.5. The molecular weight excluding hydrogens is 202 g/mol. The summed E-state index contributed by atoms with van der Waals surface area (Å²) in [5, 5.41) is 2.91. The molecule has 0 heterocycles. The Labute approximate surface area is 98.6 Å². The van der Waals surface area contributed by atoms with Crippen molar-refractivity contribution in [3.05, 3.63) is 0 Å². The minimum atomic E-state index is 0.136. The number of nitrogens with one attached hydrogen (secondary N) is 1. The second kappa shape index (κ2) is 6.86. The number of hydrogen-bond acceptors (Lipinski definition) is 3. The first-order valence-electron chi connectivity index (χ1n) is 6.45. The number of nitrogens with two attached hydrogens (primary N) is 1. The number of rotatable bonds is 8. The lowest BCUT2D eigenvalue weighted by Gasteiger charge is -2.29. The molecule has 4 heteroatoms. The van der Waals surface area contributed by atoms with Gasteiger partial charge >= 0.3 is 0 Å². The zero-order valence-corrected chi connectivity index (χ0v) is 10.5. The van der Waals surface area contributed by atoms with Gasteiger partial charge in [-0.25, -0.2) is 0 Å². The van der Waals surface area contributed by atoms with E-state index in [0.29, 0.717) is 19.0 Å². The molecule has 1 aliphatic rings. The molecule has 94 valence electrons. The van der Waals surface area contributed by atoms with Crippen LogP contribution in [0.3, 0.4) is 0 Å². The summed E-state index contributed by atoms with van der Waals surface area (Å²) in [6.45, 7) is 6.54. The van der Waals surface area contributed by atoms with Gasteiger partial charge in [0.15, 0.2) is 0 Å². The highest BCUT2D eigenvalue weighted by Crippen LogP contribution is 2.28. The molecule has 1 atom stereocenters. The number of amides is 1. The van der Waals surface area contributed by atoms with Crippen LogP contribution in [0.15, 0.2) is 0 Å². The van der Waals surface area contributed by atoms with Gasteiger partial charge in [0.1, 0.15) is 0 Å². The summed E-state index contributed by atoms with van der Waals surface area (Å²) in [4.78, 5) is 14.0. The number of likely N-dealkylation sites (N-methyl/N-ethyl adjacent to an activating group) is 1. The molecule has 4 nitrogen and oxygen atoms in total. The monoisotopic (exact) mass is 227 g/mol. The SMILES string of the molecule is CCCNC(=O)CC(CN)N(CC)C1CC1. The van der Waals surface area contributed by atoms with Crippen LogP contribution in [0.1, 0.15) is 39.5 Å². The second-order valence-corrected chi connectivity index (χ2v) is 4.51. The van der Waals surface area contributed by atoms with Crippen molar-refractivity contribution in [1.29, 1.82) is 0 Å². The fraction of sp³-hybridized carbons (Fsp3) is 0.917. The van der Waals surface area contributed by atoms with E-state index in [4.69, 9.17) is 5.73 Å². The van der Waals surface area contributed by atoms with E-state index in [1.807, 2.05) is 0 Å². The second-order valence-electron chi connectivity index (χ2n) is 4.51. The Bertz CT molecular complexity index is 216. The van der Waals surface area contributed by atoms with Gasteiger partial charge in [0.25, 0.3) is 0 Å². The summed E-state index contributed by atoms with van der Waals surface area (Å²) in [7, 11) is 0. The van der Waals surface area contributed by atoms with Crippen molar-refractivity contribution in [2.75, 3.05) is 19.6 Å². The van der Waals surface area contributed by atoms with E-state index in [2.05, 4.69) is 24.1 Å². The van der Waals surface area contributed by atoms with Crippen LogP contribution in [0, 0.1) is 0 Å². The van der Waals surface area contributed by atoms with Crippen molar-refractivity contribution in [3.63, 3.8) is 0 Å². The predicted molar refractivity (Wildman–Crippen MR) is 66.2 cm³/mol. The molecule has 0 radical (unpaired) electrons. The van der Waals surface area contributed by atoms with E-state index in [0.717, 1.165) is 19.5 Å². The van der Waals surface area contributed by atoms with E-state index in [1.54, 1.807) is 0 Å². The van der Waals surface area contributed by atoms with E-state index in [9.17, 15) is 4.79 Å². The van der Waals surface area contributed by atoms with Crippen LogP contribution in [0.25, 0.3) is 0 Å². The maximum Gasteiger partial charge on any atom is 0.221 e. The molecule has 1 amide bonds. The lowest BCUT2D eigenvalue weighted by molar-refractivity contribution is -0.122. The lowest BCUT2D eigenvalue weighted by atomic mass is 10.1. The maximum atomic E-state index is 11.6. The van der Waals surface area contributed by atoms with Crippen molar-refractivity contribution >= 4 is 5.91 Å². The quantitative estimate of drug-likeness (QED) is 0.642. The maximum absolute atomic E-state index is 11.6. The summed E-state index contributed by atoms with van der Waals surface area (Å²) in [6, 6.07) is 0.895. The van der Waals surface area contributed by atoms with Gasteiger partial charge in [0, 0.05) is 31.6 Å². The molecule has 16 heavy (non-hydrogen) atoms. The first-order chi connectivity index (χ1) is 7.72. The molecule has 0 aromatic carbocycles. The standard InChI is InChI=1S/C12H25N3O/c1-3-7-14-12(16)8-11(9-13)15(4-2)10-5-6-10/h10-11H,3-9,13H2,1-2H3,(H,14,16). The van der Waals surface area contributed by atoms with E-state index in [1.165, 1.54) is 12.8 Å². The smallest absolute Gasteiger partial charge is 0.221 e. The predicted octanol–water partition coefficient (Wildman–Crippen LogP) is 0.714. The van der Waals surface area contributed by atoms with Gasteiger partial charge in [-0.15, -0.1) is 0 Å². The van der Waals surface area contributed by atoms with Gasteiger partial charge in [-0.3, -0.25) is 9.69 Å². The van der Waals surface area contributed by atoms with Crippen molar-refractivity contribution in [2.24, 2.45) is 5.73 Å². The van der Waals surface area contributed by atoms with Gasteiger partial charge in [-0.2, -0.15) is 0 Å². The Morgan fingerprint density at radius 2 is 2.19 bits per heavy atom. The molecule has 1 unspecified atom stereocenters. The minimum Gasteiger partial charge on any atom is -0.356 e. The topological polar surface area (TPSA) is 58.4 Å². The summed E-state index contributed by atoms with van der Waals surface area (Å²) < 4.78 is 0. The van der Waals surface area contributed by atoms with Gasteiger partial charge < -0.3 is 11.1 Å². The molecule has 3 N–H and O–H groups in total. The first kappa shape index (κ1) is 13.5. The number of hydrogen-bond donors (Lipinski definition) is 2. The van der Waals surface area contributed by atoms with Crippen LogP contribution >= 0.6 is 0 Å². The molecule has 0 bridgehead atoms. The highest BCUT2D eigenvalue weighted by molar-refractivity contribution is 5.76. The zero-order chi connectivity index (χ0) is 12.0. The molecule has 0 aromatic heterocycles. The van der Waals surface area contributed by atoms with E-state index < -0.39 is 0 Å². The van der Waals surface area contributed by atoms with Crippen LogP contribution in [0.2, 0.25) is 0 Å². The van der Waals surface area contributed by atoms with Gasteiger partial charge in [0.05, 0.1) is 0 Å². The Morgan fingerprint density at radius 3 is 2.62 bits per heavy atom. The molecule has 0 spiro atoms. The average molecular weight is 227 g/mol. The number of carbonyl (C=O) groups is 1. The van der Waals surface area contributed by atoms with Gasteiger partial charge in [-0.1, -0.05) is 13.8 Å². The third-order valence-electron chi connectivity index (χ3n) is 3.12. The van der Waals surface area contributed by atoms with E-state index >= 15 is 0 Å². The van der Waals surface area contributed by atoms with Crippen LogP contribution in [-0.2, 0) is 4.79 Å². The van der Waals surface area contributed by atoms with Crippen LogP contribution in [0.4, 0.5) is 0 Å². The Kier molecular flexibility index (Phi) is 5.77. The summed E-state index contributed by atoms with van der Waals surface area (Å²) in [5.41, 5.74) is 5.77. The third kappa shape index (κ3) is 4.10. The average Bonchev–Trinajstić information content (AvgIpc) is 3.10. The molecule has 0 aliphatic heterocycles. The molecular formula is C12H25N3O. The van der Waals surface area contributed by atoms with Crippen LogP contribution in [-0.4, -0.2) is 42.5 Å². The van der Waals surface area contributed by atoms with Crippen molar-refractivity contribution in [3.8, 4) is 0 Å². The van der Waals surface area contributed by atoms with Crippen molar-refractivity contribution < 1.29 is 4.79 Å². The first-order valence-corrected chi connectivity index (χ1v) is 6.45. The minimum absolute atomic E-state index is 0.136. The lowest BCUT2D eigenvalue weighted by Crippen LogP contribution is -2.45. The summed E-state index contributed by atoms with van der Waals surface area (Å²) in [6.07, 6.45) is 4.06. The van der Waals surface area contributed by atoms with Crippen LogP contribution < -0.4 is 11.1 Å². The Morgan fingerprint density at radius 1 is 1.50 bits per heavy atom. The molecule has 1 saturated carbocycles. The highest BCUT2D eigenvalue weighted by Gasteiger charge is 2.32. The molecule has 0 saturated heterocycles. The number of carbonyl (C=O) groups excluding carboxylic acids is 1. The van der Waals surface area contributed by atoms with E-state index in [-0.39, 0.29) is 11.9 Å². The van der Waals surface area contributed by atoms with Gasteiger partial charge in [-0.05, 0) is 25.8 Å². The summed E-state index contributed by atoms with van der Waals surface area (Å²) in [5.74, 6) is 0.136. The van der Waals surface area contributed by atoms with Crippen LogP contribution in [0.5, 0.6) is 0 Å². The fourth-order valence-electron chi connectivity index (χ4n) is 2.11. The number of nitrogens with zero attached hydrogens (tertiary/aromatic N) is 1. The Hall–Kier alpha value is -0.610. The third-order valence-corrected chi connectivity index (χ3v) is 3.12. The normalized spacial score (nSPS) is 17.5. The fourth-order valence-corrected chi connectivity index (χ4v) is 2.11. The van der Waals surface area contributed by atoms with Crippen molar-refractivity contribution in [1.82, 2.24) is 10.2 Å². The van der Waals surface area contributed by atoms with Crippen molar-refractivity contribution in [2.45, 2.75) is 51.6 Å². The largest absolute Gasteiger partial charge is 0.356 e. The van der Waals surface area contributed by atoms with Gasteiger partial charge in [0.2, 0.25) is 5.91 Å². The molecule has 0 aromatic rings. The Balaban J connectivity index is 2.37. The highest BCUT2D eigenvalue weighted by atomic mass is 16.1. The summed E-state index contributed by atoms with van der Waals surface area (Å²) >= 11 is 0. The molecule has 1 fully saturated rings. The molecule has 1 rings (SSSR count).